The first kappa shape index (κ1) is 19.0. The Bertz CT molecular complexity index is 1020. The van der Waals surface area contributed by atoms with Crippen molar-refractivity contribution in [2.75, 3.05) is 12.5 Å². The van der Waals surface area contributed by atoms with Gasteiger partial charge in [-0.05, 0) is 47.5 Å². The molecule has 0 fully saturated rings. The van der Waals surface area contributed by atoms with Crippen LogP contribution in [0.3, 0.4) is 0 Å². The van der Waals surface area contributed by atoms with E-state index in [1.807, 2.05) is 36.4 Å². The normalized spacial score (nSPS) is 12.3. The zero-order chi connectivity index (χ0) is 19.6. The SMILES string of the molecule is COc1ccc2cc(/C(C)=N/Nc3ncc(C(F)(F)F)cc3Cl)ccc2c1. The molecule has 2 aromatic carbocycles. The third-order valence-electron chi connectivity index (χ3n) is 3.96. The zero-order valence-corrected chi connectivity index (χ0v) is 15.2. The molecular weight excluding hydrogens is 379 g/mol. The van der Waals surface area contributed by atoms with Crippen LogP contribution in [0.4, 0.5) is 19.0 Å². The number of pyridine rings is 1. The van der Waals surface area contributed by atoms with Crippen LogP contribution in [0.25, 0.3) is 10.8 Å². The molecular formula is C19H15ClF3N3O. The molecule has 3 rings (SSSR count). The van der Waals surface area contributed by atoms with E-state index in [9.17, 15) is 13.2 Å². The second kappa shape index (κ2) is 7.44. The van der Waals surface area contributed by atoms with Crippen molar-refractivity contribution >= 4 is 33.9 Å². The monoisotopic (exact) mass is 393 g/mol. The average Bonchev–Trinajstić information content (AvgIpc) is 2.65. The highest BCUT2D eigenvalue weighted by Crippen LogP contribution is 2.32. The topological polar surface area (TPSA) is 46.5 Å². The lowest BCUT2D eigenvalue weighted by Gasteiger charge is -2.09. The molecule has 0 aliphatic heterocycles. The average molecular weight is 394 g/mol. The first-order valence-electron chi connectivity index (χ1n) is 7.89. The quantitative estimate of drug-likeness (QED) is 0.453. The molecule has 4 nitrogen and oxygen atoms in total. The van der Waals surface area contributed by atoms with E-state index in [4.69, 9.17) is 16.3 Å². The molecule has 0 saturated carbocycles. The van der Waals surface area contributed by atoms with Gasteiger partial charge in [-0.3, -0.25) is 5.43 Å². The van der Waals surface area contributed by atoms with E-state index >= 15 is 0 Å². The zero-order valence-electron chi connectivity index (χ0n) is 14.4. The standard InChI is InChI=1S/C19H15ClF3N3O/c1-11(12-3-4-14-8-16(27-2)6-5-13(14)7-12)25-26-18-17(20)9-15(10-24-18)19(21,22)23/h3-10H,1-2H3,(H,24,26)/b25-11+. The molecule has 140 valence electrons. The molecule has 0 amide bonds. The maximum Gasteiger partial charge on any atom is 0.417 e. The lowest BCUT2D eigenvalue weighted by molar-refractivity contribution is -0.137. The van der Waals surface area contributed by atoms with Crippen molar-refractivity contribution in [3.63, 3.8) is 0 Å². The Hall–Kier alpha value is -2.80. The van der Waals surface area contributed by atoms with E-state index in [1.54, 1.807) is 14.0 Å². The lowest BCUT2D eigenvalue weighted by Crippen LogP contribution is -2.07. The number of methoxy groups -OCH3 is 1. The summed E-state index contributed by atoms with van der Waals surface area (Å²) in [5, 5.41) is 6.04. The molecule has 0 atom stereocenters. The van der Waals surface area contributed by atoms with Gasteiger partial charge in [-0.1, -0.05) is 29.8 Å². The Labute approximate surface area is 158 Å². The van der Waals surface area contributed by atoms with Crippen LogP contribution in [0.15, 0.2) is 53.8 Å². The number of hydrogen-bond acceptors (Lipinski definition) is 4. The number of hydrogen-bond donors (Lipinski definition) is 1. The highest BCUT2D eigenvalue weighted by atomic mass is 35.5. The Kier molecular flexibility index (Phi) is 5.23. The molecule has 0 aliphatic rings. The molecule has 0 saturated heterocycles. The fourth-order valence-corrected chi connectivity index (χ4v) is 2.66. The number of ether oxygens (including phenoxy) is 1. The van der Waals surface area contributed by atoms with E-state index in [-0.39, 0.29) is 10.8 Å². The molecule has 27 heavy (non-hydrogen) atoms. The number of hydrazone groups is 1. The Morgan fingerprint density at radius 3 is 2.48 bits per heavy atom. The van der Waals surface area contributed by atoms with Crippen molar-refractivity contribution in [2.24, 2.45) is 5.10 Å². The van der Waals surface area contributed by atoms with Crippen LogP contribution >= 0.6 is 11.6 Å². The van der Waals surface area contributed by atoms with Crippen molar-refractivity contribution < 1.29 is 17.9 Å². The van der Waals surface area contributed by atoms with Gasteiger partial charge in [-0.15, -0.1) is 0 Å². The molecule has 8 heteroatoms. The van der Waals surface area contributed by atoms with Crippen LogP contribution in [-0.2, 0) is 6.18 Å². The summed E-state index contributed by atoms with van der Waals surface area (Å²) in [6.07, 6.45) is -3.79. The Balaban J connectivity index is 1.82. The third kappa shape index (κ3) is 4.31. The van der Waals surface area contributed by atoms with Gasteiger partial charge < -0.3 is 4.74 Å². The van der Waals surface area contributed by atoms with Crippen molar-refractivity contribution in [1.29, 1.82) is 0 Å². The van der Waals surface area contributed by atoms with E-state index in [0.717, 1.165) is 28.2 Å². The maximum atomic E-state index is 12.7. The molecule has 1 heterocycles. The van der Waals surface area contributed by atoms with Gasteiger partial charge >= 0.3 is 6.18 Å². The Morgan fingerprint density at radius 1 is 1.11 bits per heavy atom. The number of nitrogens with zero attached hydrogens (tertiary/aromatic N) is 2. The van der Waals surface area contributed by atoms with E-state index in [0.29, 0.717) is 11.9 Å². The molecule has 0 aliphatic carbocycles. The lowest BCUT2D eigenvalue weighted by atomic mass is 10.0. The van der Waals surface area contributed by atoms with Crippen LogP contribution in [-0.4, -0.2) is 17.8 Å². The molecule has 0 unspecified atom stereocenters. The summed E-state index contributed by atoms with van der Waals surface area (Å²) >= 11 is 5.87. The van der Waals surface area contributed by atoms with Gasteiger partial charge in [-0.25, -0.2) is 4.98 Å². The van der Waals surface area contributed by atoms with E-state index in [2.05, 4.69) is 15.5 Å². The van der Waals surface area contributed by atoms with Crippen LogP contribution in [0, 0.1) is 0 Å². The summed E-state index contributed by atoms with van der Waals surface area (Å²) < 4.78 is 43.2. The minimum absolute atomic E-state index is 0.0505. The summed E-state index contributed by atoms with van der Waals surface area (Å²) in [6.45, 7) is 1.77. The summed E-state index contributed by atoms with van der Waals surface area (Å²) in [4.78, 5) is 3.70. The number of fused-ring (bicyclic) bond motifs is 1. The number of nitrogens with one attached hydrogen (secondary N) is 1. The van der Waals surface area contributed by atoms with E-state index < -0.39 is 11.7 Å². The molecule has 1 aromatic heterocycles. The van der Waals surface area contributed by atoms with Crippen molar-refractivity contribution in [2.45, 2.75) is 13.1 Å². The van der Waals surface area contributed by atoms with Gasteiger partial charge in [0.15, 0.2) is 5.82 Å². The highest BCUT2D eigenvalue weighted by Gasteiger charge is 2.31. The first-order valence-corrected chi connectivity index (χ1v) is 8.27. The van der Waals surface area contributed by atoms with Crippen LogP contribution in [0.2, 0.25) is 5.02 Å². The molecule has 1 N–H and O–H groups in total. The minimum atomic E-state index is -4.50. The predicted molar refractivity (Wildman–Crippen MR) is 101 cm³/mol. The summed E-state index contributed by atoms with van der Waals surface area (Å²) in [5.74, 6) is 0.819. The van der Waals surface area contributed by atoms with E-state index in [1.165, 1.54) is 0 Å². The van der Waals surface area contributed by atoms with Gasteiger partial charge in [0.1, 0.15) is 5.75 Å². The number of aromatic nitrogens is 1. The van der Waals surface area contributed by atoms with Crippen LogP contribution in [0.1, 0.15) is 18.1 Å². The fourth-order valence-electron chi connectivity index (χ4n) is 2.45. The minimum Gasteiger partial charge on any atom is -0.497 e. The van der Waals surface area contributed by atoms with Gasteiger partial charge in [0.25, 0.3) is 0 Å². The second-order valence-corrected chi connectivity index (χ2v) is 6.20. The Morgan fingerprint density at radius 2 is 1.81 bits per heavy atom. The van der Waals surface area contributed by atoms with Crippen molar-refractivity contribution in [3.8, 4) is 5.75 Å². The van der Waals surface area contributed by atoms with Crippen molar-refractivity contribution in [3.05, 3.63) is 64.8 Å². The molecule has 0 radical (unpaired) electrons. The predicted octanol–water partition coefficient (Wildman–Crippen LogP) is 5.75. The first-order chi connectivity index (χ1) is 12.8. The smallest absolute Gasteiger partial charge is 0.417 e. The molecule has 0 bridgehead atoms. The van der Waals surface area contributed by atoms with Gasteiger partial charge in [0.2, 0.25) is 0 Å². The molecule has 3 aromatic rings. The third-order valence-corrected chi connectivity index (χ3v) is 4.25. The fraction of sp³-hybridized carbons (Fsp3) is 0.158. The largest absolute Gasteiger partial charge is 0.497 e. The van der Waals surface area contributed by atoms with Crippen molar-refractivity contribution in [1.82, 2.24) is 4.98 Å². The summed E-state index contributed by atoms with van der Waals surface area (Å²) in [7, 11) is 1.61. The summed E-state index contributed by atoms with van der Waals surface area (Å²) in [6, 6.07) is 12.3. The number of anilines is 1. The number of halogens is 4. The maximum absolute atomic E-state index is 12.7. The number of rotatable bonds is 4. The number of benzene rings is 2. The summed E-state index contributed by atoms with van der Waals surface area (Å²) in [5.41, 5.74) is 3.18. The van der Waals surface area contributed by atoms with Crippen LogP contribution in [0.5, 0.6) is 5.75 Å². The van der Waals surface area contributed by atoms with Crippen LogP contribution < -0.4 is 10.2 Å². The second-order valence-electron chi connectivity index (χ2n) is 5.79. The van der Waals surface area contributed by atoms with Gasteiger partial charge in [0, 0.05) is 6.20 Å². The number of alkyl halides is 3. The highest BCUT2D eigenvalue weighted by molar-refractivity contribution is 6.33. The van der Waals surface area contributed by atoms with Gasteiger partial charge in [-0.2, -0.15) is 18.3 Å². The molecule has 0 spiro atoms. The van der Waals surface area contributed by atoms with Gasteiger partial charge in [0.05, 0.1) is 23.4 Å².